The molecule has 0 spiro atoms. The predicted molar refractivity (Wildman–Crippen MR) is 138 cm³/mol. The third-order valence-corrected chi connectivity index (χ3v) is 5.61. The first-order valence-corrected chi connectivity index (χ1v) is 11.4. The zero-order chi connectivity index (χ0) is 25.9. The smallest absolute Gasteiger partial charge is 0.319 e. The van der Waals surface area contributed by atoms with Gasteiger partial charge in [0, 0.05) is 24.1 Å². The number of carbonyl (C=O) groups is 2. The number of carbonyl (C=O) groups excluding carboxylic acids is 2. The van der Waals surface area contributed by atoms with Gasteiger partial charge in [0.2, 0.25) is 11.7 Å². The number of aromatic amines is 1. The van der Waals surface area contributed by atoms with Crippen LogP contribution in [0.25, 0.3) is 16.7 Å². The van der Waals surface area contributed by atoms with Crippen LogP contribution in [-0.2, 0) is 11.3 Å². The molecule has 2 amide bonds. The molecule has 0 aliphatic rings. The number of H-pyrrole nitrogens is 1. The summed E-state index contributed by atoms with van der Waals surface area (Å²) in [6, 6.07) is 18.0. The molecule has 5 rings (SSSR count). The van der Waals surface area contributed by atoms with Crippen LogP contribution in [0.15, 0.2) is 88.7 Å². The molecule has 184 valence electrons. The van der Waals surface area contributed by atoms with Gasteiger partial charge >= 0.3 is 5.69 Å². The van der Waals surface area contributed by atoms with Crippen LogP contribution in [0.1, 0.15) is 10.6 Å². The molecule has 0 atom stereocenters. The second-order valence-corrected chi connectivity index (χ2v) is 8.34. The van der Waals surface area contributed by atoms with Crippen molar-refractivity contribution in [3.05, 3.63) is 111 Å². The number of aromatic nitrogens is 5. The molecule has 0 fully saturated rings. The number of hydrogen-bond donors (Lipinski definition) is 3. The molecule has 3 heterocycles. The van der Waals surface area contributed by atoms with Crippen LogP contribution in [0.2, 0.25) is 5.02 Å². The van der Waals surface area contributed by atoms with Crippen molar-refractivity contribution in [2.45, 2.75) is 6.54 Å². The van der Waals surface area contributed by atoms with Crippen molar-refractivity contribution in [1.82, 2.24) is 24.1 Å². The van der Waals surface area contributed by atoms with E-state index in [4.69, 9.17) is 11.6 Å². The molecule has 0 saturated carbocycles. The van der Waals surface area contributed by atoms with Gasteiger partial charge in [-0.15, -0.1) is 0 Å². The van der Waals surface area contributed by atoms with Gasteiger partial charge in [0.1, 0.15) is 12.4 Å². The van der Waals surface area contributed by atoms with Gasteiger partial charge in [-0.1, -0.05) is 23.7 Å². The van der Waals surface area contributed by atoms with Crippen LogP contribution in [-0.4, -0.2) is 35.9 Å². The number of fused-ring (bicyclic) bond motifs is 1. The number of anilines is 2. The van der Waals surface area contributed by atoms with Gasteiger partial charge in [-0.2, -0.15) is 0 Å². The zero-order valence-electron chi connectivity index (χ0n) is 19.0. The van der Waals surface area contributed by atoms with E-state index in [1.165, 1.54) is 27.6 Å². The summed E-state index contributed by atoms with van der Waals surface area (Å²) in [5.74, 6) is -0.557. The van der Waals surface area contributed by atoms with Crippen molar-refractivity contribution >= 4 is 46.0 Å². The summed E-state index contributed by atoms with van der Waals surface area (Å²) in [6.07, 6.45) is 2.78. The minimum absolute atomic E-state index is 0.0429. The minimum atomic E-state index is -0.579. The van der Waals surface area contributed by atoms with Crippen molar-refractivity contribution in [2.24, 2.45) is 0 Å². The average molecular weight is 516 g/mol. The van der Waals surface area contributed by atoms with Crippen LogP contribution in [0.4, 0.5) is 11.5 Å². The third kappa shape index (κ3) is 5.16. The lowest BCUT2D eigenvalue weighted by atomic mass is 10.2. The maximum atomic E-state index is 13.2. The van der Waals surface area contributed by atoms with Crippen LogP contribution in [0, 0.1) is 0 Å². The first-order valence-electron chi connectivity index (χ1n) is 11.0. The number of halogens is 1. The number of imidazole rings is 1. The second-order valence-electron chi connectivity index (χ2n) is 7.90. The zero-order valence-corrected chi connectivity index (χ0v) is 19.8. The van der Waals surface area contributed by atoms with Gasteiger partial charge in [-0.3, -0.25) is 23.9 Å². The molecule has 11 nitrogen and oxygen atoms in total. The number of amides is 2. The molecule has 0 radical (unpaired) electrons. The Morgan fingerprint density at radius 3 is 2.46 bits per heavy atom. The normalized spacial score (nSPS) is 10.8. The van der Waals surface area contributed by atoms with Gasteiger partial charge in [0.25, 0.3) is 11.5 Å². The van der Waals surface area contributed by atoms with Gasteiger partial charge in [-0.25, -0.2) is 14.8 Å². The van der Waals surface area contributed by atoms with Gasteiger partial charge in [0.05, 0.1) is 21.7 Å². The summed E-state index contributed by atoms with van der Waals surface area (Å²) in [5.41, 5.74) is 1.03. The number of nitrogens with one attached hydrogen (secondary N) is 3. The van der Waals surface area contributed by atoms with E-state index in [9.17, 15) is 19.2 Å². The van der Waals surface area contributed by atoms with E-state index in [2.05, 4.69) is 25.6 Å². The summed E-state index contributed by atoms with van der Waals surface area (Å²) >= 11 is 5.84. The monoisotopic (exact) mass is 515 g/mol. The summed E-state index contributed by atoms with van der Waals surface area (Å²) in [5, 5.41) is 5.88. The maximum Gasteiger partial charge on any atom is 0.332 e. The highest BCUT2D eigenvalue weighted by Crippen LogP contribution is 2.19. The standard InChI is InChI=1S/C25H18ClN7O4/c26-15-5-10-20(27-13-15)30-22(35)14-33-19-4-2-1-3-18(19)29-23(33)24(36)28-16-6-8-17(9-7-16)32-12-11-21(34)31-25(32)37/h1-13H,14H2,(H,28,36)(H,27,30,35)(H,31,34,37). The van der Waals surface area contributed by atoms with E-state index in [-0.39, 0.29) is 12.4 Å². The highest BCUT2D eigenvalue weighted by molar-refractivity contribution is 6.30. The molecule has 0 unspecified atom stereocenters. The Kier molecular flexibility index (Phi) is 6.35. The Morgan fingerprint density at radius 2 is 1.73 bits per heavy atom. The molecule has 0 bridgehead atoms. The van der Waals surface area contributed by atoms with Crippen LogP contribution >= 0.6 is 11.6 Å². The molecule has 12 heteroatoms. The molecule has 3 N–H and O–H groups in total. The quantitative estimate of drug-likeness (QED) is 0.317. The highest BCUT2D eigenvalue weighted by Gasteiger charge is 2.20. The Bertz CT molecular complexity index is 1740. The fourth-order valence-electron chi connectivity index (χ4n) is 3.70. The van der Waals surface area contributed by atoms with E-state index in [1.54, 1.807) is 60.7 Å². The second kappa shape index (κ2) is 9.91. The Morgan fingerprint density at radius 1 is 0.946 bits per heavy atom. The summed E-state index contributed by atoms with van der Waals surface area (Å²) in [4.78, 5) is 59.9. The molecule has 0 aliphatic heterocycles. The Labute approximate surface area is 213 Å². The van der Waals surface area contributed by atoms with Gasteiger partial charge in [-0.05, 0) is 48.5 Å². The molecule has 0 aliphatic carbocycles. The lowest BCUT2D eigenvalue weighted by Crippen LogP contribution is -2.27. The van der Waals surface area contributed by atoms with Crippen LogP contribution < -0.4 is 21.9 Å². The van der Waals surface area contributed by atoms with Gasteiger partial charge in [0.15, 0.2) is 0 Å². The fraction of sp³-hybridized carbons (Fsp3) is 0.0400. The number of benzene rings is 2. The summed E-state index contributed by atoms with van der Waals surface area (Å²) < 4.78 is 2.78. The lowest BCUT2D eigenvalue weighted by molar-refractivity contribution is -0.116. The fourth-order valence-corrected chi connectivity index (χ4v) is 3.81. The van der Waals surface area contributed by atoms with Crippen LogP contribution in [0.5, 0.6) is 0 Å². The highest BCUT2D eigenvalue weighted by atomic mass is 35.5. The maximum absolute atomic E-state index is 13.2. The van der Waals surface area contributed by atoms with Crippen molar-refractivity contribution in [3.8, 4) is 5.69 Å². The van der Waals surface area contributed by atoms with Crippen molar-refractivity contribution in [1.29, 1.82) is 0 Å². The van der Waals surface area contributed by atoms with Gasteiger partial charge < -0.3 is 15.2 Å². The average Bonchev–Trinajstić information content (AvgIpc) is 3.24. The van der Waals surface area contributed by atoms with Crippen molar-refractivity contribution < 1.29 is 9.59 Å². The van der Waals surface area contributed by atoms with Crippen molar-refractivity contribution in [2.75, 3.05) is 10.6 Å². The number of hydrogen-bond acceptors (Lipinski definition) is 6. The molecule has 2 aromatic carbocycles. The number of pyridine rings is 1. The molecular weight excluding hydrogens is 498 g/mol. The van der Waals surface area contributed by atoms with E-state index >= 15 is 0 Å². The summed E-state index contributed by atoms with van der Waals surface area (Å²) in [6.45, 7) is -0.179. The minimum Gasteiger partial charge on any atom is -0.319 e. The van der Waals surface area contributed by atoms with E-state index in [0.29, 0.717) is 33.2 Å². The number of rotatable bonds is 6. The molecule has 37 heavy (non-hydrogen) atoms. The molecule has 5 aromatic rings. The van der Waals surface area contributed by atoms with E-state index < -0.39 is 23.1 Å². The molecular formula is C25H18ClN7O4. The van der Waals surface area contributed by atoms with Crippen LogP contribution in [0.3, 0.4) is 0 Å². The predicted octanol–water partition coefficient (Wildman–Crippen LogP) is 2.81. The molecule has 0 saturated heterocycles. The third-order valence-electron chi connectivity index (χ3n) is 5.38. The van der Waals surface area contributed by atoms with Crippen molar-refractivity contribution in [3.63, 3.8) is 0 Å². The SMILES string of the molecule is O=C(Cn1c(C(=O)Nc2ccc(-n3ccc(=O)[nH]c3=O)cc2)nc2ccccc21)Nc1ccc(Cl)cn1. The Balaban J connectivity index is 1.38. The first kappa shape index (κ1) is 23.7. The largest absolute Gasteiger partial charge is 0.332 e. The van der Waals surface area contributed by atoms with E-state index in [1.807, 2.05) is 0 Å². The number of nitrogens with zero attached hydrogens (tertiary/aromatic N) is 4. The number of para-hydroxylation sites is 2. The first-order chi connectivity index (χ1) is 17.9. The molecule has 3 aromatic heterocycles. The lowest BCUT2D eigenvalue weighted by Gasteiger charge is -2.11. The summed E-state index contributed by atoms with van der Waals surface area (Å²) in [7, 11) is 0. The Hall–Kier alpha value is -5.03. The topological polar surface area (TPSA) is 144 Å². The van der Waals surface area contributed by atoms with E-state index in [0.717, 1.165) is 0 Å².